The monoisotopic (exact) mass is 245 g/mol. The minimum absolute atomic E-state index is 0.155. The van der Waals surface area contributed by atoms with Crippen LogP contribution in [-0.4, -0.2) is 11.0 Å². The van der Waals surface area contributed by atoms with Crippen LogP contribution in [0.25, 0.3) is 0 Å². The van der Waals surface area contributed by atoms with E-state index in [1.54, 1.807) is 0 Å². The van der Waals surface area contributed by atoms with E-state index in [0.29, 0.717) is 5.56 Å². The van der Waals surface area contributed by atoms with Gasteiger partial charge >= 0.3 is 0 Å². The maximum absolute atomic E-state index is 10.9. The normalized spacial score (nSPS) is 9.73. The van der Waals surface area contributed by atoms with Crippen LogP contribution in [0.3, 0.4) is 0 Å². The van der Waals surface area contributed by atoms with Crippen LogP contribution in [-0.2, 0) is 11.3 Å². The highest BCUT2D eigenvalue weighted by molar-refractivity contribution is 6.37. The summed E-state index contributed by atoms with van der Waals surface area (Å²) in [6, 6.07) is 3.07. The zero-order valence-electron chi connectivity index (χ0n) is 7.76. The molecular formula is C10H9Cl2NO2. The Labute approximate surface area is 97.3 Å². The van der Waals surface area contributed by atoms with Gasteiger partial charge in [0.05, 0.1) is 10.0 Å². The van der Waals surface area contributed by atoms with Crippen LogP contribution < -0.4 is 5.32 Å². The first kappa shape index (κ1) is 11.9. The predicted molar refractivity (Wildman–Crippen MR) is 60.2 cm³/mol. The Balaban J connectivity index is 2.79. The standard InChI is InChI=1S/C10H9Cl2NO2/c1-2-9(14)13-5-6-3-7(11)10(15)8(12)4-6/h2-4,15H,1,5H2,(H,13,14). The maximum atomic E-state index is 10.9. The highest BCUT2D eigenvalue weighted by Gasteiger charge is 2.06. The van der Waals surface area contributed by atoms with Gasteiger partial charge in [0.15, 0.2) is 5.75 Å². The summed E-state index contributed by atoms with van der Waals surface area (Å²) in [5.74, 6) is -0.438. The van der Waals surface area contributed by atoms with E-state index in [4.69, 9.17) is 23.2 Å². The number of carbonyl (C=O) groups is 1. The molecule has 2 N–H and O–H groups in total. The molecule has 3 nitrogen and oxygen atoms in total. The molecule has 1 aromatic rings. The number of benzene rings is 1. The molecule has 0 heterocycles. The maximum Gasteiger partial charge on any atom is 0.243 e. The Bertz CT molecular complexity index is 381. The number of phenols is 1. The van der Waals surface area contributed by atoms with Crippen LogP contribution in [0.2, 0.25) is 10.0 Å². The number of carbonyl (C=O) groups excluding carboxylic acids is 1. The Morgan fingerprint density at radius 2 is 2.00 bits per heavy atom. The molecule has 0 radical (unpaired) electrons. The van der Waals surface area contributed by atoms with E-state index in [1.807, 2.05) is 0 Å². The molecule has 1 amide bonds. The van der Waals surface area contributed by atoms with Crippen molar-refractivity contribution < 1.29 is 9.90 Å². The van der Waals surface area contributed by atoms with Crippen LogP contribution in [0, 0.1) is 0 Å². The van der Waals surface area contributed by atoms with Gasteiger partial charge in [-0.25, -0.2) is 0 Å². The largest absolute Gasteiger partial charge is 0.505 e. The van der Waals surface area contributed by atoms with Gasteiger partial charge in [-0.05, 0) is 23.8 Å². The van der Waals surface area contributed by atoms with Crippen molar-refractivity contribution >= 4 is 29.1 Å². The highest BCUT2D eigenvalue weighted by Crippen LogP contribution is 2.32. The van der Waals surface area contributed by atoms with Gasteiger partial charge in [-0.15, -0.1) is 0 Å². The van der Waals surface area contributed by atoms with Gasteiger partial charge in [0.25, 0.3) is 0 Å². The quantitative estimate of drug-likeness (QED) is 0.805. The van der Waals surface area contributed by atoms with Gasteiger partial charge in [0, 0.05) is 6.54 Å². The topological polar surface area (TPSA) is 49.3 Å². The number of hydrogen-bond acceptors (Lipinski definition) is 2. The lowest BCUT2D eigenvalue weighted by atomic mass is 10.2. The lowest BCUT2D eigenvalue weighted by Gasteiger charge is -2.06. The molecule has 1 aromatic carbocycles. The summed E-state index contributed by atoms with van der Waals surface area (Å²) in [7, 11) is 0. The first-order valence-electron chi connectivity index (χ1n) is 4.11. The van der Waals surface area contributed by atoms with E-state index >= 15 is 0 Å². The van der Waals surface area contributed by atoms with Crippen LogP contribution in [0.1, 0.15) is 5.56 Å². The average molecular weight is 246 g/mol. The van der Waals surface area contributed by atoms with Crippen molar-refractivity contribution in [2.75, 3.05) is 0 Å². The van der Waals surface area contributed by atoms with Gasteiger partial charge in [0.1, 0.15) is 0 Å². The summed E-state index contributed by atoms with van der Waals surface area (Å²) in [6.07, 6.45) is 1.17. The minimum atomic E-state index is -0.282. The Morgan fingerprint density at radius 1 is 1.47 bits per heavy atom. The molecule has 0 aliphatic heterocycles. The molecule has 0 bridgehead atoms. The van der Waals surface area contributed by atoms with Gasteiger partial charge < -0.3 is 10.4 Å². The summed E-state index contributed by atoms with van der Waals surface area (Å²) in [5.41, 5.74) is 0.706. The lowest BCUT2D eigenvalue weighted by Crippen LogP contribution is -2.19. The van der Waals surface area contributed by atoms with E-state index in [9.17, 15) is 9.90 Å². The summed E-state index contributed by atoms with van der Waals surface area (Å²) >= 11 is 11.4. The first-order chi connectivity index (χ1) is 7.04. The van der Waals surface area contributed by atoms with Gasteiger partial charge in [-0.3, -0.25) is 4.79 Å². The molecule has 0 aliphatic carbocycles. The zero-order valence-corrected chi connectivity index (χ0v) is 9.27. The number of nitrogens with one attached hydrogen (secondary N) is 1. The Kier molecular flexibility index (Phi) is 4.00. The van der Waals surface area contributed by atoms with E-state index in [1.165, 1.54) is 18.2 Å². The first-order valence-corrected chi connectivity index (χ1v) is 4.87. The molecule has 0 saturated heterocycles. The molecule has 0 fully saturated rings. The Morgan fingerprint density at radius 3 is 2.47 bits per heavy atom. The highest BCUT2D eigenvalue weighted by atomic mass is 35.5. The fourth-order valence-corrected chi connectivity index (χ4v) is 1.51. The predicted octanol–water partition coefficient (Wildman–Crippen LogP) is 2.50. The van der Waals surface area contributed by atoms with Gasteiger partial charge in [-0.2, -0.15) is 0 Å². The van der Waals surface area contributed by atoms with E-state index < -0.39 is 0 Å². The molecule has 0 saturated carbocycles. The Hall–Kier alpha value is -1.19. The van der Waals surface area contributed by atoms with Crippen molar-refractivity contribution in [2.24, 2.45) is 0 Å². The second-order valence-electron chi connectivity index (χ2n) is 2.83. The number of phenolic OH excluding ortho intramolecular Hbond substituents is 1. The molecule has 0 unspecified atom stereocenters. The molecule has 0 aliphatic rings. The van der Waals surface area contributed by atoms with Crippen molar-refractivity contribution in [1.82, 2.24) is 5.32 Å². The SMILES string of the molecule is C=CC(=O)NCc1cc(Cl)c(O)c(Cl)c1. The van der Waals surface area contributed by atoms with Crippen LogP contribution >= 0.6 is 23.2 Å². The second-order valence-corrected chi connectivity index (χ2v) is 3.64. The fourth-order valence-electron chi connectivity index (χ4n) is 0.981. The van der Waals surface area contributed by atoms with E-state index in [0.717, 1.165) is 0 Å². The third-order valence-electron chi connectivity index (χ3n) is 1.73. The lowest BCUT2D eigenvalue weighted by molar-refractivity contribution is -0.116. The number of rotatable bonds is 3. The third-order valence-corrected chi connectivity index (χ3v) is 2.31. The van der Waals surface area contributed by atoms with Gasteiger partial charge in [0.2, 0.25) is 5.91 Å². The summed E-state index contributed by atoms with van der Waals surface area (Å²) in [4.78, 5) is 10.9. The molecule has 15 heavy (non-hydrogen) atoms. The van der Waals surface area contributed by atoms with E-state index in [-0.39, 0.29) is 28.2 Å². The fraction of sp³-hybridized carbons (Fsp3) is 0.100. The summed E-state index contributed by atoms with van der Waals surface area (Å²) in [5, 5.41) is 12.2. The molecular weight excluding hydrogens is 237 g/mol. The average Bonchev–Trinajstić information content (AvgIpc) is 2.22. The zero-order chi connectivity index (χ0) is 11.4. The molecule has 80 valence electrons. The molecule has 0 spiro atoms. The number of halogens is 2. The number of amides is 1. The summed E-state index contributed by atoms with van der Waals surface area (Å²) in [6.45, 7) is 3.60. The van der Waals surface area contributed by atoms with Gasteiger partial charge in [-0.1, -0.05) is 29.8 Å². The smallest absolute Gasteiger partial charge is 0.243 e. The van der Waals surface area contributed by atoms with Crippen LogP contribution in [0.5, 0.6) is 5.75 Å². The van der Waals surface area contributed by atoms with E-state index in [2.05, 4.69) is 11.9 Å². The van der Waals surface area contributed by atoms with Crippen molar-refractivity contribution in [1.29, 1.82) is 0 Å². The molecule has 5 heteroatoms. The number of hydrogen-bond donors (Lipinski definition) is 2. The summed E-state index contributed by atoms with van der Waals surface area (Å²) < 4.78 is 0. The van der Waals surface area contributed by atoms with Crippen molar-refractivity contribution in [2.45, 2.75) is 6.54 Å². The molecule has 0 aromatic heterocycles. The van der Waals surface area contributed by atoms with Crippen LogP contribution in [0.15, 0.2) is 24.8 Å². The van der Waals surface area contributed by atoms with Crippen molar-refractivity contribution in [3.8, 4) is 5.75 Å². The molecule has 0 atom stereocenters. The number of aromatic hydroxyl groups is 1. The molecule has 1 rings (SSSR count). The second kappa shape index (κ2) is 5.05. The van der Waals surface area contributed by atoms with Crippen LogP contribution in [0.4, 0.5) is 0 Å². The third kappa shape index (κ3) is 3.15. The van der Waals surface area contributed by atoms with Crippen molar-refractivity contribution in [3.05, 3.63) is 40.4 Å². The minimum Gasteiger partial charge on any atom is -0.505 e. The van der Waals surface area contributed by atoms with Crippen molar-refractivity contribution in [3.63, 3.8) is 0 Å².